The number of phenolic OH excluding ortho intramolecular Hbond substituents is 1. The van der Waals surface area contributed by atoms with E-state index in [2.05, 4.69) is 15.3 Å². The Bertz CT molecular complexity index is 1370. The monoisotopic (exact) mass is 461 g/mol. The molecule has 4 aromatic rings. The van der Waals surface area contributed by atoms with Gasteiger partial charge in [-0.1, -0.05) is 25.1 Å². The van der Waals surface area contributed by atoms with Gasteiger partial charge in [-0.05, 0) is 37.6 Å². The number of carbonyl (C=O) groups is 2. The molecule has 0 unspecified atom stereocenters. The molecule has 0 saturated carbocycles. The second-order valence-electron chi connectivity index (χ2n) is 7.38. The van der Waals surface area contributed by atoms with E-state index in [9.17, 15) is 14.7 Å². The third kappa shape index (κ3) is 3.90. The summed E-state index contributed by atoms with van der Waals surface area (Å²) in [5.74, 6) is -1.75. The first-order valence-electron chi connectivity index (χ1n) is 10.5. The lowest BCUT2D eigenvalue weighted by Crippen LogP contribution is -2.15. The van der Waals surface area contributed by atoms with Gasteiger partial charge in [-0.3, -0.25) is 0 Å². The molecule has 0 bridgehead atoms. The van der Waals surface area contributed by atoms with E-state index in [-0.39, 0.29) is 28.3 Å². The van der Waals surface area contributed by atoms with E-state index >= 15 is 0 Å². The highest BCUT2D eigenvalue weighted by Gasteiger charge is 2.32. The van der Waals surface area contributed by atoms with Crippen molar-refractivity contribution in [1.29, 1.82) is 0 Å². The molecule has 0 aliphatic carbocycles. The van der Waals surface area contributed by atoms with Crippen LogP contribution in [-0.2, 0) is 15.9 Å². The summed E-state index contributed by atoms with van der Waals surface area (Å²) in [5, 5.41) is 24.2. The second kappa shape index (κ2) is 9.18. The summed E-state index contributed by atoms with van der Waals surface area (Å²) >= 11 is 0. The molecule has 0 aliphatic heterocycles. The van der Waals surface area contributed by atoms with Crippen LogP contribution < -0.4 is 0 Å². The van der Waals surface area contributed by atoms with Gasteiger partial charge in [0.05, 0.1) is 37.0 Å². The first-order chi connectivity index (χ1) is 16.4. The minimum atomic E-state index is -0.794. The molecule has 2 aromatic carbocycles. The van der Waals surface area contributed by atoms with Crippen molar-refractivity contribution in [2.75, 3.05) is 14.2 Å². The zero-order valence-electron chi connectivity index (χ0n) is 19.1. The quantitative estimate of drug-likeness (QED) is 0.434. The standard InChI is InChI=1S/C24H23N5O5/c1-5-18-14(2)25-29(26-18)16-11-12-17(19(30)13-16)21-20(23(31)33-3)22(24(32)34-4)28(27-21)15-9-7-6-8-10-15/h6-13,30H,5H2,1-4H3. The lowest BCUT2D eigenvalue weighted by atomic mass is 10.0. The van der Waals surface area contributed by atoms with Crippen molar-refractivity contribution in [2.45, 2.75) is 20.3 Å². The third-order valence-corrected chi connectivity index (χ3v) is 5.33. The maximum atomic E-state index is 12.8. The van der Waals surface area contributed by atoms with Gasteiger partial charge < -0.3 is 14.6 Å². The number of carbonyl (C=O) groups excluding carboxylic acids is 2. The smallest absolute Gasteiger partial charge is 0.357 e. The normalized spacial score (nSPS) is 10.8. The number of aromatic hydroxyl groups is 1. The minimum Gasteiger partial charge on any atom is -0.507 e. The van der Waals surface area contributed by atoms with Crippen LogP contribution in [-0.4, -0.2) is 56.0 Å². The van der Waals surface area contributed by atoms with E-state index < -0.39 is 11.9 Å². The molecule has 0 aliphatic rings. The van der Waals surface area contributed by atoms with Crippen LogP contribution in [0, 0.1) is 6.92 Å². The highest BCUT2D eigenvalue weighted by molar-refractivity contribution is 6.07. The highest BCUT2D eigenvalue weighted by Crippen LogP contribution is 2.35. The fourth-order valence-corrected chi connectivity index (χ4v) is 3.64. The third-order valence-electron chi connectivity index (χ3n) is 5.33. The van der Waals surface area contributed by atoms with E-state index in [0.29, 0.717) is 11.4 Å². The number of benzene rings is 2. The number of hydrogen-bond acceptors (Lipinski definition) is 8. The van der Waals surface area contributed by atoms with Crippen molar-refractivity contribution in [3.05, 3.63) is 71.2 Å². The van der Waals surface area contributed by atoms with Gasteiger partial charge in [-0.2, -0.15) is 20.1 Å². The average Bonchev–Trinajstić information content (AvgIpc) is 3.44. The summed E-state index contributed by atoms with van der Waals surface area (Å²) in [7, 11) is 2.41. The fourth-order valence-electron chi connectivity index (χ4n) is 3.64. The van der Waals surface area contributed by atoms with Crippen molar-refractivity contribution in [3.63, 3.8) is 0 Å². The summed E-state index contributed by atoms with van der Waals surface area (Å²) in [6.45, 7) is 3.85. The van der Waals surface area contributed by atoms with E-state index in [4.69, 9.17) is 9.47 Å². The zero-order valence-corrected chi connectivity index (χ0v) is 19.1. The number of para-hydroxylation sites is 1. The summed E-state index contributed by atoms with van der Waals surface area (Å²) in [4.78, 5) is 26.9. The Morgan fingerprint density at radius 2 is 1.65 bits per heavy atom. The average molecular weight is 461 g/mol. The maximum Gasteiger partial charge on any atom is 0.357 e. The first kappa shape index (κ1) is 22.7. The lowest BCUT2D eigenvalue weighted by Gasteiger charge is -2.07. The molecule has 0 spiro atoms. The molecule has 0 fully saturated rings. The molecule has 2 heterocycles. The number of methoxy groups -OCH3 is 2. The number of hydrogen-bond donors (Lipinski definition) is 1. The Morgan fingerprint density at radius 3 is 2.24 bits per heavy atom. The predicted octanol–water partition coefficient (Wildman–Crippen LogP) is 3.27. The summed E-state index contributed by atoms with van der Waals surface area (Å²) in [5.41, 5.74) is 2.75. The van der Waals surface area contributed by atoms with Crippen molar-refractivity contribution in [2.24, 2.45) is 0 Å². The number of rotatable bonds is 6. The topological polar surface area (TPSA) is 121 Å². The van der Waals surface area contributed by atoms with Gasteiger partial charge >= 0.3 is 11.9 Å². The van der Waals surface area contributed by atoms with Crippen LogP contribution in [0.15, 0.2) is 48.5 Å². The molecular formula is C24H23N5O5. The largest absolute Gasteiger partial charge is 0.507 e. The van der Waals surface area contributed by atoms with Gasteiger partial charge in [0.2, 0.25) is 0 Å². The van der Waals surface area contributed by atoms with E-state index in [1.807, 2.05) is 19.9 Å². The summed E-state index contributed by atoms with van der Waals surface area (Å²) in [6.07, 6.45) is 0.728. The molecule has 10 heteroatoms. The zero-order chi connectivity index (χ0) is 24.4. The molecule has 174 valence electrons. The Labute approximate surface area is 195 Å². The van der Waals surface area contributed by atoms with Crippen LogP contribution in [0.1, 0.15) is 39.2 Å². The molecule has 0 radical (unpaired) electrons. The molecule has 4 rings (SSSR count). The maximum absolute atomic E-state index is 12.8. The molecule has 34 heavy (non-hydrogen) atoms. The Hall–Kier alpha value is -4.47. The van der Waals surface area contributed by atoms with Crippen LogP contribution in [0.5, 0.6) is 5.75 Å². The van der Waals surface area contributed by atoms with Gasteiger partial charge in [0.1, 0.15) is 17.0 Å². The second-order valence-corrected chi connectivity index (χ2v) is 7.38. The first-order valence-corrected chi connectivity index (χ1v) is 10.5. The molecule has 0 saturated heterocycles. The molecule has 1 N–H and O–H groups in total. The van der Waals surface area contributed by atoms with E-state index in [1.54, 1.807) is 36.4 Å². The van der Waals surface area contributed by atoms with Crippen molar-refractivity contribution in [1.82, 2.24) is 24.8 Å². The van der Waals surface area contributed by atoms with E-state index in [0.717, 1.165) is 17.8 Å². The van der Waals surface area contributed by atoms with Gasteiger partial charge in [-0.25, -0.2) is 14.3 Å². The Kier molecular flexibility index (Phi) is 6.13. The number of phenols is 1. The van der Waals surface area contributed by atoms with Gasteiger partial charge in [0, 0.05) is 11.6 Å². The predicted molar refractivity (Wildman–Crippen MR) is 122 cm³/mol. The number of aromatic nitrogens is 5. The van der Waals surface area contributed by atoms with Crippen LogP contribution in [0.25, 0.3) is 22.6 Å². The van der Waals surface area contributed by atoms with Gasteiger partial charge in [0.25, 0.3) is 0 Å². The molecule has 0 atom stereocenters. The minimum absolute atomic E-state index is 0.0685. The van der Waals surface area contributed by atoms with Crippen molar-refractivity contribution in [3.8, 4) is 28.4 Å². The van der Waals surface area contributed by atoms with Crippen molar-refractivity contribution < 1.29 is 24.2 Å². The van der Waals surface area contributed by atoms with Crippen LogP contribution >= 0.6 is 0 Å². The number of esters is 2. The van der Waals surface area contributed by atoms with Gasteiger partial charge in [-0.15, -0.1) is 0 Å². The molecule has 10 nitrogen and oxygen atoms in total. The highest BCUT2D eigenvalue weighted by atomic mass is 16.5. The van der Waals surface area contributed by atoms with Crippen LogP contribution in [0.4, 0.5) is 0 Å². The SMILES string of the molecule is CCc1nn(-c2ccc(-c3nn(-c4ccccc4)c(C(=O)OC)c3C(=O)OC)c(O)c2)nc1C. The lowest BCUT2D eigenvalue weighted by molar-refractivity contribution is 0.0549. The fraction of sp³-hybridized carbons (Fsp3) is 0.208. The Balaban J connectivity index is 1.92. The van der Waals surface area contributed by atoms with Crippen molar-refractivity contribution >= 4 is 11.9 Å². The van der Waals surface area contributed by atoms with Crippen LogP contribution in [0.3, 0.4) is 0 Å². The summed E-state index contributed by atoms with van der Waals surface area (Å²) < 4.78 is 11.2. The molecule has 2 aromatic heterocycles. The number of ether oxygens (including phenoxy) is 2. The van der Waals surface area contributed by atoms with Crippen LogP contribution in [0.2, 0.25) is 0 Å². The van der Waals surface area contributed by atoms with E-state index in [1.165, 1.54) is 29.8 Å². The number of aryl methyl sites for hydroxylation is 2. The molecular weight excluding hydrogens is 438 g/mol. The summed E-state index contributed by atoms with van der Waals surface area (Å²) in [6, 6.07) is 13.5. The Morgan fingerprint density at radius 1 is 0.941 bits per heavy atom. The molecule has 0 amide bonds. The van der Waals surface area contributed by atoms with Gasteiger partial charge in [0.15, 0.2) is 5.69 Å². The number of nitrogens with zero attached hydrogens (tertiary/aromatic N) is 5.